The lowest BCUT2D eigenvalue weighted by Crippen LogP contribution is -2.37. The molecule has 0 bridgehead atoms. The quantitative estimate of drug-likeness (QED) is 0.766. The second-order valence-corrected chi connectivity index (χ2v) is 8.94. The van der Waals surface area contributed by atoms with Gasteiger partial charge in [-0.2, -0.15) is 0 Å². The van der Waals surface area contributed by atoms with Crippen LogP contribution in [0.15, 0.2) is 0 Å². The van der Waals surface area contributed by atoms with Gasteiger partial charge in [-0.1, -0.05) is 0 Å². The maximum atomic E-state index is 12.8. The van der Waals surface area contributed by atoms with E-state index in [1.54, 1.807) is 41.5 Å². The van der Waals surface area contributed by atoms with Gasteiger partial charge in [0.1, 0.15) is 0 Å². The van der Waals surface area contributed by atoms with E-state index >= 15 is 0 Å². The minimum atomic E-state index is -3.79. The van der Waals surface area contributed by atoms with Crippen molar-refractivity contribution < 1.29 is 28.0 Å². The highest BCUT2D eigenvalue weighted by molar-refractivity contribution is 7.48. The molecule has 1 aliphatic heterocycles. The number of rotatable bonds is 5. The number of hydrogen-bond acceptors (Lipinski definition) is 5. The van der Waals surface area contributed by atoms with Crippen molar-refractivity contribution in [2.75, 3.05) is 13.2 Å². The molecule has 0 aromatic rings. The van der Waals surface area contributed by atoms with Crippen molar-refractivity contribution in [3.8, 4) is 0 Å². The summed E-state index contributed by atoms with van der Waals surface area (Å²) < 4.78 is 29.3. The van der Waals surface area contributed by atoms with Crippen LogP contribution in [0.3, 0.4) is 0 Å². The Kier molecular flexibility index (Phi) is 6.07. The number of carbonyl (C=O) groups is 1. The first-order valence-electron chi connectivity index (χ1n) is 7.47. The highest BCUT2D eigenvalue weighted by atomic mass is 31.2. The monoisotopic (exact) mass is 337 g/mol. The van der Waals surface area contributed by atoms with E-state index in [4.69, 9.17) is 18.7 Å². The highest BCUT2D eigenvalue weighted by Crippen LogP contribution is 2.55. The van der Waals surface area contributed by atoms with Crippen LogP contribution in [0.4, 0.5) is 4.79 Å². The van der Waals surface area contributed by atoms with E-state index < -0.39 is 25.1 Å². The number of phosphoric ester groups is 1. The standard InChI is InChI=1S/C14H28NO6P/c1-13(2,3)20-22(18,21-14(4,5)6)19-10-11-8-7-9-15(11)12(16)17/h11H,7-10H2,1-6H3,(H,16,17). The third-order valence-electron chi connectivity index (χ3n) is 2.82. The van der Waals surface area contributed by atoms with E-state index in [2.05, 4.69) is 0 Å². The molecule has 1 heterocycles. The van der Waals surface area contributed by atoms with Gasteiger partial charge in [0.25, 0.3) is 0 Å². The third-order valence-corrected chi connectivity index (χ3v) is 4.83. The van der Waals surface area contributed by atoms with Crippen molar-refractivity contribution in [2.45, 2.75) is 71.6 Å². The predicted octanol–water partition coefficient (Wildman–Crippen LogP) is 3.88. The Balaban J connectivity index is 2.77. The average molecular weight is 337 g/mol. The lowest BCUT2D eigenvalue weighted by Gasteiger charge is -2.32. The molecular formula is C14H28NO6P. The second kappa shape index (κ2) is 6.87. The number of phosphoric acid groups is 1. The molecule has 1 atom stereocenters. The number of amides is 1. The molecule has 1 amide bonds. The number of carboxylic acid groups (broad SMARTS) is 1. The Hall–Kier alpha value is -0.620. The van der Waals surface area contributed by atoms with Crippen LogP contribution in [0.2, 0.25) is 0 Å². The number of hydrogen-bond donors (Lipinski definition) is 1. The van der Waals surface area contributed by atoms with Gasteiger partial charge in [-0.3, -0.25) is 13.6 Å². The van der Waals surface area contributed by atoms with E-state index in [-0.39, 0.29) is 12.6 Å². The summed E-state index contributed by atoms with van der Waals surface area (Å²) in [7, 11) is -3.79. The van der Waals surface area contributed by atoms with Crippen LogP contribution in [0, 0.1) is 0 Å². The van der Waals surface area contributed by atoms with Crippen LogP contribution in [-0.4, -0.2) is 46.5 Å². The van der Waals surface area contributed by atoms with Crippen LogP contribution in [0.1, 0.15) is 54.4 Å². The first-order chi connectivity index (χ1) is 9.81. The fourth-order valence-electron chi connectivity index (χ4n) is 2.18. The fourth-order valence-corrected chi connectivity index (χ4v) is 4.02. The van der Waals surface area contributed by atoms with Crippen molar-refractivity contribution in [3.05, 3.63) is 0 Å². The molecule has 0 aromatic heterocycles. The van der Waals surface area contributed by atoms with E-state index in [9.17, 15) is 9.36 Å². The van der Waals surface area contributed by atoms with E-state index in [1.807, 2.05) is 0 Å². The maximum absolute atomic E-state index is 12.8. The van der Waals surface area contributed by atoms with Gasteiger partial charge in [0, 0.05) is 6.54 Å². The van der Waals surface area contributed by atoms with Crippen molar-refractivity contribution >= 4 is 13.9 Å². The topological polar surface area (TPSA) is 85.3 Å². The molecule has 1 aliphatic rings. The Morgan fingerprint density at radius 2 is 1.68 bits per heavy atom. The summed E-state index contributed by atoms with van der Waals surface area (Å²) in [6, 6.07) is -0.321. The van der Waals surface area contributed by atoms with Crippen molar-refractivity contribution in [3.63, 3.8) is 0 Å². The zero-order valence-corrected chi connectivity index (χ0v) is 15.2. The van der Waals surface area contributed by atoms with E-state index in [0.717, 1.165) is 6.42 Å². The summed E-state index contributed by atoms with van der Waals surface area (Å²) in [5, 5.41) is 9.12. The number of likely N-dealkylation sites (tertiary alicyclic amines) is 1. The molecule has 22 heavy (non-hydrogen) atoms. The molecule has 1 fully saturated rings. The Morgan fingerprint density at radius 3 is 2.09 bits per heavy atom. The Bertz CT molecular complexity index is 420. The van der Waals surface area contributed by atoms with E-state index in [0.29, 0.717) is 13.0 Å². The molecule has 0 aliphatic carbocycles. The van der Waals surface area contributed by atoms with Gasteiger partial charge < -0.3 is 10.0 Å². The largest absolute Gasteiger partial charge is 0.475 e. The molecular weight excluding hydrogens is 309 g/mol. The maximum Gasteiger partial charge on any atom is 0.475 e. The molecule has 130 valence electrons. The SMILES string of the molecule is CC(C)(C)OP(=O)(OCC1CCCN1C(=O)O)OC(C)(C)C. The summed E-state index contributed by atoms with van der Waals surface area (Å²) in [6.45, 7) is 11.0. The van der Waals surface area contributed by atoms with Gasteiger partial charge in [0.15, 0.2) is 0 Å². The zero-order chi connectivity index (χ0) is 17.2. The summed E-state index contributed by atoms with van der Waals surface area (Å²) in [5.74, 6) is 0. The minimum Gasteiger partial charge on any atom is -0.465 e. The first-order valence-corrected chi connectivity index (χ1v) is 8.93. The lowest BCUT2D eigenvalue weighted by atomic mass is 10.2. The molecule has 0 saturated carbocycles. The van der Waals surface area contributed by atoms with Crippen LogP contribution in [0.25, 0.3) is 0 Å². The zero-order valence-electron chi connectivity index (χ0n) is 14.3. The van der Waals surface area contributed by atoms with Gasteiger partial charge in [0.05, 0.1) is 23.9 Å². The fraction of sp³-hybridized carbons (Fsp3) is 0.929. The summed E-state index contributed by atoms with van der Waals surface area (Å²) in [4.78, 5) is 12.4. The van der Waals surface area contributed by atoms with Crippen LogP contribution in [-0.2, 0) is 18.1 Å². The highest BCUT2D eigenvalue weighted by Gasteiger charge is 2.39. The molecule has 1 rings (SSSR count). The molecule has 0 spiro atoms. The summed E-state index contributed by atoms with van der Waals surface area (Å²) in [5.41, 5.74) is -1.41. The normalized spacial score (nSPS) is 20.5. The Morgan fingerprint density at radius 1 is 1.18 bits per heavy atom. The molecule has 1 saturated heterocycles. The first kappa shape index (κ1) is 19.4. The third kappa shape index (κ3) is 6.65. The van der Waals surface area contributed by atoms with Gasteiger partial charge in [-0.25, -0.2) is 9.36 Å². The summed E-state index contributed by atoms with van der Waals surface area (Å²) >= 11 is 0. The van der Waals surface area contributed by atoms with Crippen molar-refractivity contribution in [2.24, 2.45) is 0 Å². The van der Waals surface area contributed by atoms with Crippen LogP contribution >= 0.6 is 7.82 Å². The van der Waals surface area contributed by atoms with Gasteiger partial charge >= 0.3 is 13.9 Å². The molecule has 0 radical (unpaired) electrons. The minimum absolute atomic E-state index is 0.00423. The van der Waals surface area contributed by atoms with Gasteiger partial charge in [0.2, 0.25) is 0 Å². The number of nitrogens with zero attached hydrogens (tertiary/aromatic N) is 1. The molecule has 8 heteroatoms. The Labute approximate surface area is 132 Å². The van der Waals surface area contributed by atoms with Crippen LogP contribution in [0.5, 0.6) is 0 Å². The lowest BCUT2D eigenvalue weighted by molar-refractivity contribution is -0.00267. The molecule has 7 nitrogen and oxygen atoms in total. The molecule has 1 N–H and O–H groups in total. The average Bonchev–Trinajstić information content (AvgIpc) is 2.68. The van der Waals surface area contributed by atoms with Gasteiger partial charge in [-0.15, -0.1) is 0 Å². The summed E-state index contributed by atoms with van der Waals surface area (Å²) in [6.07, 6.45) is 0.455. The molecule has 1 unspecified atom stereocenters. The van der Waals surface area contributed by atoms with Crippen molar-refractivity contribution in [1.82, 2.24) is 4.90 Å². The predicted molar refractivity (Wildman–Crippen MR) is 83.0 cm³/mol. The van der Waals surface area contributed by atoms with Crippen molar-refractivity contribution in [1.29, 1.82) is 0 Å². The van der Waals surface area contributed by atoms with E-state index in [1.165, 1.54) is 4.90 Å². The molecule has 0 aromatic carbocycles. The van der Waals surface area contributed by atoms with Gasteiger partial charge in [-0.05, 0) is 54.4 Å². The second-order valence-electron chi connectivity index (χ2n) is 7.42. The van der Waals surface area contributed by atoms with Crippen LogP contribution < -0.4 is 0 Å². The smallest absolute Gasteiger partial charge is 0.465 e.